The Balaban J connectivity index is 1.54. The maximum Gasteiger partial charge on any atom is 0.335 e. The lowest BCUT2D eigenvalue weighted by Crippen LogP contribution is -2.21. The van der Waals surface area contributed by atoms with Crippen molar-refractivity contribution in [3.05, 3.63) is 104 Å². The predicted molar refractivity (Wildman–Crippen MR) is 125 cm³/mol. The Bertz CT molecular complexity index is 1610. The van der Waals surface area contributed by atoms with Crippen LogP contribution < -0.4 is 10.3 Å². The number of hydrogen-bond donors (Lipinski definition) is 1. The van der Waals surface area contributed by atoms with E-state index in [4.69, 9.17) is 4.74 Å². The maximum absolute atomic E-state index is 13.1. The van der Waals surface area contributed by atoms with Crippen LogP contribution in [0.4, 0.5) is 10.1 Å². The molecule has 9 nitrogen and oxygen atoms in total. The van der Waals surface area contributed by atoms with Crippen LogP contribution in [0.15, 0.2) is 65.5 Å². The second kappa shape index (κ2) is 8.49. The summed E-state index contributed by atoms with van der Waals surface area (Å²) in [5.41, 5.74) is 0.913. The van der Waals surface area contributed by atoms with Gasteiger partial charge in [-0.1, -0.05) is 6.07 Å². The molecular formula is C25H16FN3O6. The van der Waals surface area contributed by atoms with Gasteiger partial charge >= 0.3 is 11.7 Å². The average molecular weight is 473 g/mol. The molecule has 1 aromatic heterocycles. The summed E-state index contributed by atoms with van der Waals surface area (Å²) < 4.78 is 20.2. The zero-order valence-electron chi connectivity index (χ0n) is 18.0. The van der Waals surface area contributed by atoms with Gasteiger partial charge in [0.15, 0.2) is 0 Å². The van der Waals surface area contributed by atoms with E-state index >= 15 is 0 Å². The number of halogens is 1. The molecule has 35 heavy (non-hydrogen) atoms. The van der Waals surface area contributed by atoms with Crippen molar-refractivity contribution in [1.82, 2.24) is 9.55 Å². The summed E-state index contributed by atoms with van der Waals surface area (Å²) in [6.45, 7) is 0.386. The molecule has 0 atom stereocenters. The number of fused-ring (bicyclic) bond motifs is 2. The number of aromatic nitrogens is 2. The van der Waals surface area contributed by atoms with E-state index in [0.29, 0.717) is 35.3 Å². The Labute approximate surface area is 196 Å². The summed E-state index contributed by atoms with van der Waals surface area (Å²) in [5.74, 6) is -0.941. The van der Waals surface area contributed by atoms with Gasteiger partial charge in [0.2, 0.25) is 5.75 Å². The van der Waals surface area contributed by atoms with Crippen LogP contribution in [0, 0.1) is 15.9 Å². The van der Waals surface area contributed by atoms with Crippen LogP contribution in [0.2, 0.25) is 0 Å². The van der Waals surface area contributed by atoms with Gasteiger partial charge in [-0.3, -0.25) is 19.5 Å². The first kappa shape index (κ1) is 22.0. The van der Waals surface area contributed by atoms with Crippen molar-refractivity contribution >= 4 is 34.2 Å². The summed E-state index contributed by atoms with van der Waals surface area (Å²) in [4.78, 5) is 39.8. The minimum atomic E-state index is -1.12. The molecule has 0 unspecified atom stereocenters. The van der Waals surface area contributed by atoms with E-state index in [2.05, 4.69) is 4.98 Å². The van der Waals surface area contributed by atoms with Crippen molar-refractivity contribution in [1.29, 1.82) is 0 Å². The molecule has 174 valence electrons. The van der Waals surface area contributed by atoms with Gasteiger partial charge in [-0.25, -0.2) is 14.2 Å². The van der Waals surface area contributed by atoms with Crippen molar-refractivity contribution in [3.63, 3.8) is 0 Å². The molecule has 0 amide bonds. The summed E-state index contributed by atoms with van der Waals surface area (Å²) in [7, 11) is 0. The fraction of sp³-hybridized carbons (Fsp3) is 0.0800. The largest absolute Gasteiger partial charge is 0.478 e. The number of carboxylic acid groups (broad SMARTS) is 1. The van der Waals surface area contributed by atoms with Gasteiger partial charge in [0.05, 0.1) is 21.4 Å². The number of nitro groups is 1. The zero-order valence-corrected chi connectivity index (χ0v) is 18.0. The van der Waals surface area contributed by atoms with E-state index in [9.17, 15) is 29.2 Å². The molecule has 0 aliphatic carbocycles. The normalized spacial score (nSPS) is 13.7. The third-order valence-electron chi connectivity index (χ3n) is 5.66. The number of carboxylic acids is 1. The van der Waals surface area contributed by atoms with Gasteiger partial charge < -0.3 is 9.84 Å². The molecule has 0 fully saturated rings. The standard InChI is InChI=1S/C25H16FN3O6/c26-17-3-5-18(6-4-17)35-22-8-1-14(12-21(22)29(33)34)11-15-9-10-28-23(15)27-20-13-16(25(31)32)2-7-19(20)24(28)30/h1-8,11-13H,9-10H2,(H,31,32)/b15-11+. The number of nitrogens with zero attached hydrogens (tertiary/aromatic N) is 3. The van der Waals surface area contributed by atoms with Crippen molar-refractivity contribution in [3.8, 4) is 11.5 Å². The molecule has 0 spiro atoms. The van der Waals surface area contributed by atoms with Gasteiger partial charge in [0, 0.05) is 12.6 Å². The molecule has 1 aliphatic rings. The minimum Gasteiger partial charge on any atom is -0.478 e. The molecule has 10 heteroatoms. The van der Waals surface area contributed by atoms with Crippen LogP contribution in [-0.2, 0) is 6.54 Å². The lowest BCUT2D eigenvalue weighted by atomic mass is 10.1. The molecule has 3 aromatic carbocycles. The number of nitro benzene ring substituents is 1. The van der Waals surface area contributed by atoms with E-state index < -0.39 is 16.7 Å². The van der Waals surface area contributed by atoms with E-state index in [1.807, 2.05) is 0 Å². The molecule has 1 aliphatic heterocycles. The Kier molecular flexibility index (Phi) is 5.33. The van der Waals surface area contributed by atoms with Gasteiger partial charge in [-0.05, 0) is 72.2 Å². The van der Waals surface area contributed by atoms with Gasteiger partial charge in [0.1, 0.15) is 17.4 Å². The highest BCUT2D eigenvalue weighted by atomic mass is 19.1. The first-order valence-corrected chi connectivity index (χ1v) is 10.5. The van der Waals surface area contributed by atoms with Crippen molar-refractivity contribution in [2.24, 2.45) is 0 Å². The number of allylic oxidation sites excluding steroid dienone is 1. The molecule has 0 saturated heterocycles. The maximum atomic E-state index is 13.1. The van der Waals surface area contributed by atoms with E-state index in [-0.39, 0.29) is 33.8 Å². The Morgan fingerprint density at radius 1 is 1.14 bits per heavy atom. The fourth-order valence-corrected chi connectivity index (χ4v) is 3.97. The average Bonchev–Trinajstić information content (AvgIpc) is 3.23. The molecule has 0 radical (unpaired) electrons. The Morgan fingerprint density at radius 3 is 2.63 bits per heavy atom. The van der Waals surface area contributed by atoms with Gasteiger partial charge in [0.25, 0.3) is 5.56 Å². The molecular weight excluding hydrogens is 457 g/mol. The second-order valence-corrected chi connectivity index (χ2v) is 7.89. The summed E-state index contributed by atoms with van der Waals surface area (Å²) in [6, 6.07) is 13.7. The highest BCUT2D eigenvalue weighted by Crippen LogP contribution is 2.34. The molecule has 2 heterocycles. The second-order valence-electron chi connectivity index (χ2n) is 7.89. The van der Waals surface area contributed by atoms with Crippen LogP contribution in [0.25, 0.3) is 22.6 Å². The van der Waals surface area contributed by atoms with Gasteiger partial charge in [-0.15, -0.1) is 0 Å². The summed E-state index contributed by atoms with van der Waals surface area (Å²) >= 11 is 0. The van der Waals surface area contributed by atoms with Crippen LogP contribution in [0.3, 0.4) is 0 Å². The SMILES string of the molecule is O=C(O)c1ccc2c(=O)n3c(nc2c1)/C(=C/c1ccc(Oc2ccc(F)cc2)c([N+](=O)[O-])c1)CC3. The molecule has 0 bridgehead atoms. The number of hydrogen-bond acceptors (Lipinski definition) is 6. The van der Waals surface area contributed by atoms with Crippen molar-refractivity contribution < 1.29 is 24.0 Å². The summed E-state index contributed by atoms with van der Waals surface area (Å²) in [5, 5.41) is 21.2. The lowest BCUT2D eigenvalue weighted by molar-refractivity contribution is -0.385. The molecule has 5 rings (SSSR count). The Morgan fingerprint density at radius 2 is 1.91 bits per heavy atom. The monoisotopic (exact) mass is 473 g/mol. The van der Waals surface area contributed by atoms with E-state index in [0.717, 1.165) is 0 Å². The van der Waals surface area contributed by atoms with E-state index in [1.54, 1.807) is 12.1 Å². The smallest absolute Gasteiger partial charge is 0.335 e. The number of aromatic carboxylic acids is 1. The molecule has 4 aromatic rings. The number of benzene rings is 3. The van der Waals surface area contributed by atoms with E-state index in [1.165, 1.54) is 59.2 Å². The number of rotatable bonds is 5. The van der Waals surface area contributed by atoms with Crippen LogP contribution in [0.5, 0.6) is 11.5 Å². The first-order valence-electron chi connectivity index (χ1n) is 10.5. The number of ether oxygens (including phenoxy) is 1. The highest BCUT2D eigenvalue weighted by molar-refractivity contribution is 5.93. The molecule has 0 saturated carbocycles. The van der Waals surface area contributed by atoms with Crippen LogP contribution in [-0.4, -0.2) is 25.6 Å². The zero-order chi connectivity index (χ0) is 24.7. The third kappa shape index (κ3) is 4.12. The minimum absolute atomic E-state index is 0.00267. The third-order valence-corrected chi connectivity index (χ3v) is 5.66. The Hall–Kier alpha value is -4.86. The highest BCUT2D eigenvalue weighted by Gasteiger charge is 2.23. The summed E-state index contributed by atoms with van der Waals surface area (Å²) in [6.07, 6.45) is 2.18. The predicted octanol–water partition coefficient (Wildman–Crippen LogP) is 4.88. The molecule has 1 N–H and O–H groups in total. The fourth-order valence-electron chi connectivity index (χ4n) is 3.97. The van der Waals surface area contributed by atoms with Crippen molar-refractivity contribution in [2.75, 3.05) is 0 Å². The first-order chi connectivity index (χ1) is 16.8. The van der Waals surface area contributed by atoms with Crippen LogP contribution >= 0.6 is 0 Å². The topological polar surface area (TPSA) is 125 Å². The van der Waals surface area contributed by atoms with Crippen molar-refractivity contribution in [2.45, 2.75) is 13.0 Å². The van der Waals surface area contributed by atoms with Crippen LogP contribution in [0.1, 0.15) is 28.2 Å². The number of carbonyl (C=O) groups is 1. The lowest BCUT2D eigenvalue weighted by Gasteiger charge is -2.08. The van der Waals surface area contributed by atoms with Gasteiger partial charge in [-0.2, -0.15) is 0 Å². The quantitative estimate of drug-likeness (QED) is 0.324.